The molecule has 0 aromatic heterocycles. The van der Waals surface area contributed by atoms with E-state index in [1.165, 1.54) is 7.11 Å². The fraction of sp³-hybridized carbons (Fsp3) is 0.500. The summed E-state index contributed by atoms with van der Waals surface area (Å²) in [4.78, 5) is 11.5. The van der Waals surface area contributed by atoms with Crippen LogP contribution in [0.5, 0.6) is 5.75 Å². The smallest absolute Gasteiger partial charge is 0.314 e. The van der Waals surface area contributed by atoms with E-state index >= 15 is 0 Å². The Bertz CT molecular complexity index is 427. The first-order chi connectivity index (χ1) is 8.40. The first-order valence-electron chi connectivity index (χ1n) is 5.91. The van der Waals surface area contributed by atoms with E-state index < -0.39 is 5.41 Å². The van der Waals surface area contributed by atoms with E-state index in [-0.39, 0.29) is 12.6 Å². The number of carbonyl (C=O) groups is 1. The highest BCUT2D eigenvalue weighted by atomic mass is 16.5. The third-order valence-corrected chi connectivity index (χ3v) is 2.81. The zero-order chi connectivity index (χ0) is 13.8. The molecule has 0 atom stereocenters. The van der Waals surface area contributed by atoms with Gasteiger partial charge in [0, 0.05) is 6.54 Å². The van der Waals surface area contributed by atoms with E-state index in [1.54, 1.807) is 13.8 Å². The number of hydrogen-bond donors (Lipinski definition) is 1. The minimum atomic E-state index is -0.667. The molecule has 1 aromatic rings. The second-order valence-corrected chi connectivity index (χ2v) is 4.97. The lowest BCUT2D eigenvalue weighted by atomic mass is 9.95. The number of esters is 1. The molecule has 0 radical (unpaired) electrons. The second kappa shape index (κ2) is 5.87. The van der Waals surface area contributed by atoms with Gasteiger partial charge in [-0.05, 0) is 38.0 Å². The highest BCUT2D eigenvalue weighted by Crippen LogP contribution is 2.24. The summed E-state index contributed by atoms with van der Waals surface area (Å²) >= 11 is 0. The molecule has 2 N–H and O–H groups in total. The summed E-state index contributed by atoms with van der Waals surface area (Å²) in [6, 6.07) is 5.83. The van der Waals surface area contributed by atoms with E-state index in [4.69, 9.17) is 15.2 Å². The van der Waals surface area contributed by atoms with Gasteiger partial charge in [0.05, 0.1) is 12.5 Å². The number of ether oxygens (including phenoxy) is 2. The Morgan fingerprint density at radius 3 is 2.61 bits per heavy atom. The first kappa shape index (κ1) is 14.5. The maximum absolute atomic E-state index is 11.5. The van der Waals surface area contributed by atoms with Crippen molar-refractivity contribution in [1.29, 1.82) is 0 Å². The second-order valence-electron chi connectivity index (χ2n) is 4.97. The zero-order valence-corrected chi connectivity index (χ0v) is 11.4. The summed E-state index contributed by atoms with van der Waals surface area (Å²) in [5.41, 5.74) is 6.95. The molecule has 0 unspecified atom stereocenters. The van der Waals surface area contributed by atoms with Crippen LogP contribution in [-0.4, -0.2) is 19.7 Å². The van der Waals surface area contributed by atoms with Gasteiger partial charge in [0.1, 0.15) is 12.4 Å². The standard InChI is InChI=1S/C14H21NO3/c1-10-5-6-11(8-15)7-12(10)18-9-14(2,3)13(16)17-4/h5-7H,8-9,15H2,1-4H3. The highest BCUT2D eigenvalue weighted by Gasteiger charge is 2.29. The average Bonchev–Trinajstić information content (AvgIpc) is 2.36. The maximum Gasteiger partial charge on any atom is 0.314 e. The minimum absolute atomic E-state index is 0.272. The number of aryl methyl sites for hydroxylation is 1. The average molecular weight is 251 g/mol. The van der Waals surface area contributed by atoms with Crippen molar-refractivity contribution >= 4 is 5.97 Å². The lowest BCUT2D eigenvalue weighted by molar-refractivity contribution is -0.152. The largest absolute Gasteiger partial charge is 0.492 e. The van der Waals surface area contributed by atoms with E-state index in [0.29, 0.717) is 6.54 Å². The van der Waals surface area contributed by atoms with Crippen molar-refractivity contribution in [2.45, 2.75) is 27.3 Å². The van der Waals surface area contributed by atoms with Crippen LogP contribution in [0.2, 0.25) is 0 Å². The van der Waals surface area contributed by atoms with Crippen molar-refractivity contribution in [3.05, 3.63) is 29.3 Å². The summed E-state index contributed by atoms with van der Waals surface area (Å²) in [6.07, 6.45) is 0. The molecule has 0 aliphatic heterocycles. The van der Waals surface area contributed by atoms with Crippen LogP contribution < -0.4 is 10.5 Å². The van der Waals surface area contributed by atoms with Crippen LogP contribution in [0.3, 0.4) is 0 Å². The summed E-state index contributed by atoms with van der Waals surface area (Å²) in [7, 11) is 1.38. The van der Waals surface area contributed by atoms with Crippen molar-refractivity contribution in [2.75, 3.05) is 13.7 Å². The minimum Gasteiger partial charge on any atom is -0.492 e. The lowest BCUT2D eigenvalue weighted by Crippen LogP contribution is -2.32. The van der Waals surface area contributed by atoms with Crippen molar-refractivity contribution in [1.82, 2.24) is 0 Å². The first-order valence-corrected chi connectivity index (χ1v) is 5.91. The Hall–Kier alpha value is -1.55. The van der Waals surface area contributed by atoms with Gasteiger partial charge in [-0.2, -0.15) is 0 Å². The quantitative estimate of drug-likeness (QED) is 0.813. The van der Waals surface area contributed by atoms with Gasteiger partial charge in [0.25, 0.3) is 0 Å². The van der Waals surface area contributed by atoms with Gasteiger partial charge >= 0.3 is 5.97 Å². The predicted octanol–water partition coefficient (Wildman–Crippen LogP) is 2.03. The van der Waals surface area contributed by atoms with Gasteiger partial charge in [0.2, 0.25) is 0 Å². The molecular weight excluding hydrogens is 230 g/mol. The van der Waals surface area contributed by atoms with Crippen LogP contribution in [0.1, 0.15) is 25.0 Å². The summed E-state index contributed by atoms with van der Waals surface area (Å²) in [6.45, 7) is 6.29. The van der Waals surface area contributed by atoms with Gasteiger partial charge in [-0.3, -0.25) is 4.79 Å². The Labute approximate surface area is 108 Å². The number of carbonyl (C=O) groups excluding carboxylic acids is 1. The fourth-order valence-corrected chi connectivity index (χ4v) is 1.52. The number of hydrogen-bond acceptors (Lipinski definition) is 4. The predicted molar refractivity (Wildman–Crippen MR) is 70.4 cm³/mol. The molecule has 0 bridgehead atoms. The Morgan fingerprint density at radius 1 is 1.39 bits per heavy atom. The third kappa shape index (κ3) is 3.47. The van der Waals surface area contributed by atoms with Gasteiger partial charge in [-0.25, -0.2) is 0 Å². The Balaban J connectivity index is 2.77. The molecule has 0 aliphatic carbocycles. The van der Waals surface area contributed by atoms with Crippen LogP contribution in [0.4, 0.5) is 0 Å². The van der Waals surface area contributed by atoms with Crippen molar-refractivity contribution in [3.63, 3.8) is 0 Å². The molecule has 1 aromatic carbocycles. The van der Waals surface area contributed by atoms with Gasteiger partial charge in [-0.15, -0.1) is 0 Å². The van der Waals surface area contributed by atoms with Crippen LogP contribution in [0.15, 0.2) is 18.2 Å². The molecule has 0 fully saturated rings. The molecular formula is C14H21NO3. The maximum atomic E-state index is 11.5. The number of rotatable bonds is 5. The van der Waals surface area contributed by atoms with Crippen molar-refractivity contribution < 1.29 is 14.3 Å². The monoisotopic (exact) mass is 251 g/mol. The van der Waals surface area contributed by atoms with E-state index in [2.05, 4.69) is 0 Å². The lowest BCUT2D eigenvalue weighted by Gasteiger charge is -2.22. The van der Waals surface area contributed by atoms with Gasteiger partial charge in [-0.1, -0.05) is 12.1 Å². The molecule has 1 rings (SSSR count). The Morgan fingerprint density at radius 2 is 2.06 bits per heavy atom. The Kier molecular flexibility index (Phi) is 4.73. The molecule has 0 aliphatic rings. The van der Waals surface area contributed by atoms with Crippen LogP contribution >= 0.6 is 0 Å². The number of benzene rings is 1. The molecule has 18 heavy (non-hydrogen) atoms. The topological polar surface area (TPSA) is 61.5 Å². The summed E-state index contributed by atoms with van der Waals surface area (Å²) in [5, 5.41) is 0. The number of methoxy groups -OCH3 is 1. The molecule has 4 nitrogen and oxygen atoms in total. The fourth-order valence-electron chi connectivity index (χ4n) is 1.52. The SMILES string of the molecule is COC(=O)C(C)(C)COc1cc(CN)ccc1C. The molecule has 4 heteroatoms. The summed E-state index contributed by atoms with van der Waals surface area (Å²) in [5.74, 6) is 0.477. The van der Waals surface area contributed by atoms with Crippen LogP contribution in [0.25, 0.3) is 0 Å². The van der Waals surface area contributed by atoms with E-state index in [9.17, 15) is 4.79 Å². The molecule has 0 saturated heterocycles. The summed E-state index contributed by atoms with van der Waals surface area (Å²) < 4.78 is 10.5. The molecule has 0 heterocycles. The van der Waals surface area contributed by atoms with Crippen molar-refractivity contribution in [3.8, 4) is 5.75 Å². The normalized spacial score (nSPS) is 11.2. The number of nitrogens with two attached hydrogens (primary N) is 1. The third-order valence-electron chi connectivity index (χ3n) is 2.81. The van der Waals surface area contributed by atoms with Crippen molar-refractivity contribution in [2.24, 2.45) is 11.1 Å². The molecule has 0 spiro atoms. The van der Waals surface area contributed by atoms with E-state index in [0.717, 1.165) is 16.9 Å². The highest BCUT2D eigenvalue weighted by molar-refractivity contribution is 5.75. The van der Waals surface area contributed by atoms with E-state index in [1.807, 2.05) is 25.1 Å². The van der Waals surface area contributed by atoms with Gasteiger partial charge < -0.3 is 15.2 Å². The van der Waals surface area contributed by atoms with Crippen LogP contribution in [0, 0.1) is 12.3 Å². The zero-order valence-electron chi connectivity index (χ0n) is 11.4. The van der Waals surface area contributed by atoms with Crippen LogP contribution in [-0.2, 0) is 16.1 Å². The molecule has 0 amide bonds. The molecule has 0 saturated carbocycles. The molecule has 100 valence electrons. The van der Waals surface area contributed by atoms with Gasteiger partial charge in [0.15, 0.2) is 0 Å².